The third kappa shape index (κ3) is 2.08. The fourth-order valence-corrected chi connectivity index (χ4v) is 1.41. The lowest BCUT2D eigenvalue weighted by atomic mass is 9.71. The Kier molecular flexibility index (Phi) is 2.27. The van der Waals surface area contributed by atoms with Crippen LogP contribution in [-0.2, 0) is 0 Å². The second kappa shape index (κ2) is 2.77. The van der Waals surface area contributed by atoms with Crippen LogP contribution in [0, 0.1) is 5.41 Å². The molecular weight excluding hydrogens is 174 g/mol. The van der Waals surface area contributed by atoms with E-state index in [-0.39, 0.29) is 18.3 Å². The van der Waals surface area contributed by atoms with Gasteiger partial charge in [0.15, 0.2) is 0 Å². The van der Waals surface area contributed by atoms with Crippen LogP contribution in [0.4, 0.5) is 8.78 Å². The molecule has 3 heteroatoms. The van der Waals surface area contributed by atoms with Crippen molar-refractivity contribution in [2.75, 3.05) is 0 Å². The summed E-state index contributed by atoms with van der Waals surface area (Å²) in [6.07, 6.45) is 1.93. The summed E-state index contributed by atoms with van der Waals surface area (Å²) < 4.78 is 25.5. The van der Waals surface area contributed by atoms with Crippen molar-refractivity contribution < 1.29 is 13.9 Å². The number of hydrogen-bond donors (Lipinski definition) is 1. The van der Waals surface area contributed by atoms with Gasteiger partial charge in [-0.3, -0.25) is 0 Å². The smallest absolute Gasteiger partial charge is 0.266 e. The van der Waals surface area contributed by atoms with E-state index in [2.05, 4.69) is 0 Å². The topological polar surface area (TPSA) is 20.2 Å². The van der Waals surface area contributed by atoms with Gasteiger partial charge in [0.2, 0.25) is 0 Å². The highest BCUT2D eigenvalue weighted by atomic mass is 19.3. The zero-order chi connectivity index (χ0) is 10.3. The summed E-state index contributed by atoms with van der Waals surface area (Å²) in [6.45, 7) is 5.54. The van der Waals surface area contributed by atoms with Crippen LogP contribution in [0.25, 0.3) is 0 Å². The molecule has 13 heavy (non-hydrogen) atoms. The second-order valence-electron chi connectivity index (χ2n) is 4.77. The lowest BCUT2D eigenvalue weighted by Gasteiger charge is -2.41. The zero-order valence-electron chi connectivity index (χ0n) is 8.27. The van der Waals surface area contributed by atoms with Crippen molar-refractivity contribution in [2.45, 2.75) is 45.1 Å². The predicted molar refractivity (Wildman–Crippen MR) is 47.7 cm³/mol. The van der Waals surface area contributed by atoms with Crippen LogP contribution in [0.2, 0.25) is 0 Å². The molecule has 0 spiro atoms. The fourth-order valence-electron chi connectivity index (χ4n) is 1.41. The third-order valence-electron chi connectivity index (χ3n) is 2.74. The van der Waals surface area contributed by atoms with Crippen molar-refractivity contribution in [3.8, 4) is 0 Å². The molecule has 0 aliphatic heterocycles. The van der Waals surface area contributed by atoms with E-state index in [4.69, 9.17) is 0 Å². The summed E-state index contributed by atoms with van der Waals surface area (Å²) in [5.74, 6) is -2.74. The first-order valence-electron chi connectivity index (χ1n) is 4.47. The van der Waals surface area contributed by atoms with Gasteiger partial charge < -0.3 is 5.11 Å². The first kappa shape index (κ1) is 10.6. The van der Waals surface area contributed by atoms with E-state index in [1.807, 2.05) is 20.8 Å². The largest absolute Gasteiger partial charge is 0.385 e. The maximum atomic E-state index is 12.7. The Hall–Kier alpha value is -0.440. The Morgan fingerprint density at radius 1 is 1.15 bits per heavy atom. The first-order chi connectivity index (χ1) is 5.66. The Bertz CT molecular complexity index is 228. The first-order valence-corrected chi connectivity index (χ1v) is 4.47. The van der Waals surface area contributed by atoms with E-state index in [0.717, 1.165) is 6.08 Å². The number of halogens is 2. The quantitative estimate of drug-likeness (QED) is 0.582. The average molecular weight is 190 g/mol. The maximum absolute atomic E-state index is 12.7. The highest BCUT2D eigenvalue weighted by Crippen LogP contribution is 2.42. The molecule has 0 fully saturated rings. The van der Waals surface area contributed by atoms with Crippen LogP contribution in [0.15, 0.2) is 12.2 Å². The molecule has 0 saturated carbocycles. The monoisotopic (exact) mass is 190 g/mol. The molecule has 0 radical (unpaired) electrons. The van der Waals surface area contributed by atoms with E-state index < -0.39 is 11.5 Å². The molecule has 1 aliphatic rings. The Labute approximate surface area is 77.5 Å². The Morgan fingerprint density at radius 2 is 1.69 bits per heavy atom. The molecule has 76 valence electrons. The van der Waals surface area contributed by atoms with Gasteiger partial charge in [-0.25, -0.2) is 8.78 Å². The van der Waals surface area contributed by atoms with Crippen LogP contribution in [-0.4, -0.2) is 16.6 Å². The van der Waals surface area contributed by atoms with E-state index in [9.17, 15) is 13.9 Å². The van der Waals surface area contributed by atoms with Gasteiger partial charge in [0.05, 0.1) is 5.60 Å². The summed E-state index contributed by atoms with van der Waals surface area (Å²) in [4.78, 5) is 0. The van der Waals surface area contributed by atoms with Gasteiger partial charge >= 0.3 is 0 Å². The third-order valence-corrected chi connectivity index (χ3v) is 2.74. The summed E-state index contributed by atoms with van der Waals surface area (Å²) in [7, 11) is 0. The summed E-state index contributed by atoms with van der Waals surface area (Å²) >= 11 is 0. The number of allylic oxidation sites excluding steroid dienone is 1. The molecule has 1 rings (SSSR count). The van der Waals surface area contributed by atoms with Crippen LogP contribution in [0.5, 0.6) is 0 Å². The zero-order valence-corrected chi connectivity index (χ0v) is 8.27. The molecule has 0 aromatic carbocycles. The molecule has 1 N–H and O–H groups in total. The van der Waals surface area contributed by atoms with Gasteiger partial charge in [0.1, 0.15) is 0 Å². The molecule has 1 nitrogen and oxygen atoms in total. The van der Waals surface area contributed by atoms with Gasteiger partial charge in [-0.2, -0.15) is 0 Å². The van der Waals surface area contributed by atoms with E-state index in [1.54, 1.807) is 0 Å². The van der Waals surface area contributed by atoms with E-state index in [0.29, 0.717) is 0 Å². The fraction of sp³-hybridized carbons (Fsp3) is 0.800. The molecule has 1 aliphatic carbocycles. The van der Waals surface area contributed by atoms with Crippen molar-refractivity contribution in [1.29, 1.82) is 0 Å². The molecule has 0 amide bonds. The lowest BCUT2D eigenvalue weighted by Crippen LogP contribution is -2.44. The van der Waals surface area contributed by atoms with Gasteiger partial charge in [-0.1, -0.05) is 26.8 Å². The number of alkyl halides is 2. The van der Waals surface area contributed by atoms with Crippen LogP contribution in [0.1, 0.15) is 33.6 Å². The summed E-state index contributed by atoms with van der Waals surface area (Å²) in [5.41, 5.74) is -1.48. The minimum Gasteiger partial charge on any atom is -0.385 e. The van der Waals surface area contributed by atoms with Gasteiger partial charge in [-0.05, 0) is 17.9 Å². The van der Waals surface area contributed by atoms with E-state index >= 15 is 0 Å². The molecule has 1 atom stereocenters. The Morgan fingerprint density at radius 3 is 2.00 bits per heavy atom. The predicted octanol–water partition coefficient (Wildman–Crippen LogP) is 2.75. The molecule has 0 saturated heterocycles. The van der Waals surface area contributed by atoms with Crippen molar-refractivity contribution in [2.24, 2.45) is 5.41 Å². The maximum Gasteiger partial charge on any atom is 0.266 e. The van der Waals surface area contributed by atoms with Crippen molar-refractivity contribution in [3.05, 3.63) is 12.2 Å². The molecule has 0 bridgehead atoms. The minimum atomic E-state index is -2.74. The SMILES string of the molecule is CC(C)(C)C1(O)C=CC(F)(F)CC1. The number of hydrogen-bond acceptors (Lipinski definition) is 1. The van der Waals surface area contributed by atoms with Gasteiger partial charge in [-0.15, -0.1) is 0 Å². The Balaban J connectivity index is 2.88. The average Bonchev–Trinajstić information content (AvgIpc) is 1.94. The van der Waals surface area contributed by atoms with Crippen molar-refractivity contribution in [3.63, 3.8) is 0 Å². The molecule has 0 heterocycles. The highest BCUT2D eigenvalue weighted by Gasteiger charge is 2.44. The molecule has 0 aromatic heterocycles. The summed E-state index contributed by atoms with van der Waals surface area (Å²) in [5, 5.41) is 10.0. The van der Waals surface area contributed by atoms with Crippen LogP contribution in [0.3, 0.4) is 0 Å². The van der Waals surface area contributed by atoms with Crippen molar-refractivity contribution in [1.82, 2.24) is 0 Å². The minimum absolute atomic E-state index is 0.125. The molecular formula is C10H16F2O. The second-order valence-corrected chi connectivity index (χ2v) is 4.77. The highest BCUT2D eigenvalue weighted by molar-refractivity contribution is 5.15. The molecule has 0 aromatic rings. The number of aliphatic hydroxyl groups is 1. The van der Waals surface area contributed by atoms with Crippen LogP contribution >= 0.6 is 0 Å². The van der Waals surface area contributed by atoms with Crippen molar-refractivity contribution >= 4 is 0 Å². The van der Waals surface area contributed by atoms with Crippen LogP contribution < -0.4 is 0 Å². The van der Waals surface area contributed by atoms with E-state index in [1.165, 1.54) is 6.08 Å². The normalized spacial score (nSPS) is 33.4. The molecule has 1 unspecified atom stereocenters. The van der Waals surface area contributed by atoms with Gasteiger partial charge in [0.25, 0.3) is 5.92 Å². The van der Waals surface area contributed by atoms with Gasteiger partial charge in [0, 0.05) is 6.42 Å². The lowest BCUT2D eigenvalue weighted by molar-refractivity contribution is -0.0628. The summed E-state index contributed by atoms with van der Waals surface area (Å²) in [6, 6.07) is 0. The number of rotatable bonds is 0. The standard InChI is InChI=1S/C10H16F2O/c1-8(2,3)9(13)4-6-10(11,12)7-5-9/h4,6,13H,5,7H2,1-3H3.